The lowest BCUT2D eigenvalue weighted by molar-refractivity contribution is -0.145. The molecule has 0 aliphatic rings. The molecule has 0 saturated carbocycles. The minimum Gasteiger partial charge on any atom is -0.481 e. The first-order valence-electron chi connectivity index (χ1n) is 4.85. The van der Waals surface area contributed by atoms with Gasteiger partial charge in [0.05, 0.1) is 6.42 Å². The molecular weight excluding hydrogens is 244 g/mol. The third-order valence-electron chi connectivity index (χ3n) is 2.00. The molecule has 0 radical (unpaired) electrons. The predicted molar refractivity (Wildman–Crippen MR) is 58.2 cm³/mol. The van der Waals surface area contributed by atoms with Gasteiger partial charge in [-0.2, -0.15) is 0 Å². The minimum atomic E-state index is -1.56. The first-order valence-corrected chi connectivity index (χ1v) is 4.85. The van der Waals surface area contributed by atoms with Gasteiger partial charge < -0.3 is 20.5 Å². The fourth-order valence-electron chi connectivity index (χ4n) is 1.19. The molecule has 1 aromatic rings. The number of hydrogen-bond donors (Lipinski definition) is 4. The summed E-state index contributed by atoms with van der Waals surface area (Å²) in [6, 6.07) is 2.22. The van der Waals surface area contributed by atoms with Gasteiger partial charge in [-0.1, -0.05) is 6.07 Å². The van der Waals surface area contributed by atoms with Crippen LogP contribution in [0.5, 0.6) is 0 Å². The number of carbonyl (C=O) groups is 3. The molecule has 96 valence electrons. The standard InChI is InChI=1S/C10H10N2O6/c13-7-3-1-2-5(11-7)9(16)12-6(10(17)18)4-8(14)15/h1-3,6H,4H2,(H,11,13)(H,12,16)(H,14,15)(H,17,18)/t6-/m1/s1. The van der Waals surface area contributed by atoms with Crippen LogP contribution in [0.2, 0.25) is 0 Å². The summed E-state index contributed by atoms with van der Waals surface area (Å²) < 4.78 is 0. The maximum absolute atomic E-state index is 11.6. The molecule has 0 saturated heterocycles. The lowest BCUT2D eigenvalue weighted by atomic mass is 10.2. The molecule has 0 aliphatic carbocycles. The lowest BCUT2D eigenvalue weighted by Gasteiger charge is -2.11. The van der Waals surface area contributed by atoms with Crippen molar-refractivity contribution >= 4 is 17.8 Å². The summed E-state index contributed by atoms with van der Waals surface area (Å²) >= 11 is 0. The zero-order valence-electron chi connectivity index (χ0n) is 9.04. The Labute approximate surface area is 100 Å². The highest BCUT2D eigenvalue weighted by molar-refractivity contribution is 5.95. The Kier molecular flexibility index (Phi) is 4.19. The molecule has 0 fully saturated rings. The Balaban J connectivity index is 2.81. The molecule has 4 N–H and O–H groups in total. The van der Waals surface area contributed by atoms with Crippen molar-refractivity contribution in [3.8, 4) is 0 Å². The third-order valence-corrected chi connectivity index (χ3v) is 2.00. The van der Waals surface area contributed by atoms with Gasteiger partial charge in [0.25, 0.3) is 5.91 Å². The second kappa shape index (κ2) is 5.62. The molecule has 1 aromatic heterocycles. The summed E-state index contributed by atoms with van der Waals surface area (Å²) in [5, 5.41) is 19.2. The fourth-order valence-corrected chi connectivity index (χ4v) is 1.19. The number of hydrogen-bond acceptors (Lipinski definition) is 4. The number of carboxylic acids is 2. The second-order valence-electron chi connectivity index (χ2n) is 3.39. The summed E-state index contributed by atoms with van der Waals surface area (Å²) in [4.78, 5) is 45.8. The van der Waals surface area contributed by atoms with E-state index in [0.717, 1.165) is 0 Å². The van der Waals surface area contributed by atoms with Crippen LogP contribution in [-0.4, -0.2) is 39.1 Å². The van der Waals surface area contributed by atoms with E-state index in [9.17, 15) is 19.2 Å². The van der Waals surface area contributed by atoms with Gasteiger partial charge in [0.15, 0.2) is 0 Å². The van der Waals surface area contributed by atoms with Gasteiger partial charge in [-0.05, 0) is 6.07 Å². The van der Waals surface area contributed by atoms with Crippen LogP contribution in [0.25, 0.3) is 0 Å². The number of aliphatic carboxylic acids is 2. The number of carboxylic acid groups (broad SMARTS) is 2. The van der Waals surface area contributed by atoms with Crippen molar-refractivity contribution in [2.24, 2.45) is 0 Å². The molecule has 0 aromatic carbocycles. The molecule has 8 nitrogen and oxygen atoms in total. The summed E-state index contributed by atoms with van der Waals surface area (Å²) in [7, 11) is 0. The number of nitrogens with one attached hydrogen (secondary N) is 2. The molecule has 0 aliphatic heterocycles. The van der Waals surface area contributed by atoms with E-state index in [4.69, 9.17) is 10.2 Å². The highest BCUT2D eigenvalue weighted by Gasteiger charge is 2.23. The number of aromatic amines is 1. The Morgan fingerprint density at radius 3 is 2.44 bits per heavy atom. The summed E-state index contributed by atoms with van der Waals surface area (Å²) in [6.45, 7) is 0. The maximum Gasteiger partial charge on any atom is 0.326 e. The predicted octanol–water partition coefficient (Wildman–Crippen LogP) is -0.967. The zero-order chi connectivity index (χ0) is 13.7. The van der Waals surface area contributed by atoms with E-state index in [1.807, 2.05) is 5.32 Å². The monoisotopic (exact) mass is 254 g/mol. The normalized spacial score (nSPS) is 11.6. The first-order chi connectivity index (χ1) is 8.40. The Hall–Kier alpha value is -2.64. The minimum absolute atomic E-state index is 0.140. The molecule has 1 rings (SSSR count). The quantitative estimate of drug-likeness (QED) is 0.533. The van der Waals surface area contributed by atoms with Crippen LogP contribution in [0.15, 0.2) is 23.0 Å². The van der Waals surface area contributed by atoms with Gasteiger partial charge in [-0.25, -0.2) is 4.79 Å². The molecule has 1 amide bonds. The van der Waals surface area contributed by atoms with Crippen LogP contribution >= 0.6 is 0 Å². The summed E-state index contributed by atoms with van der Waals surface area (Å²) in [5.74, 6) is -3.69. The van der Waals surface area contributed by atoms with Gasteiger partial charge in [0.1, 0.15) is 11.7 Å². The molecule has 0 unspecified atom stereocenters. The van der Waals surface area contributed by atoms with Crippen LogP contribution in [0.4, 0.5) is 0 Å². The number of H-pyrrole nitrogens is 1. The zero-order valence-corrected chi connectivity index (χ0v) is 9.04. The number of amides is 1. The molecule has 1 heterocycles. The van der Waals surface area contributed by atoms with E-state index in [1.54, 1.807) is 0 Å². The summed E-state index contributed by atoms with van der Waals surface area (Å²) in [5.41, 5.74) is -0.660. The highest BCUT2D eigenvalue weighted by Crippen LogP contribution is 1.97. The Morgan fingerprint density at radius 1 is 1.28 bits per heavy atom. The van der Waals surface area contributed by atoms with Crippen molar-refractivity contribution in [1.29, 1.82) is 0 Å². The number of carbonyl (C=O) groups excluding carboxylic acids is 1. The van der Waals surface area contributed by atoms with Gasteiger partial charge in [-0.15, -0.1) is 0 Å². The van der Waals surface area contributed by atoms with Crippen LogP contribution in [0.3, 0.4) is 0 Å². The van der Waals surface area contributed by atoms with Crippen molar-refractivity contribution in [3.63, 3.8) is 0 Å². The first kappa shape index (κ1) is 13.4. The summed E-state index contributed by atoms with van der Waals surface area (Å²) in [6.07, 6.45) is -0.752. The second-order valence-corrected chi connectivity index (χ2v) is 3.39. The van der Waals surface area contributed by atoms with Gasteiger partial charge in [0.2, 0.25) is 5.56 Å². The van der Waals surface area contributed by atoms with E-state index >= 15 is 0 Å². The lowest BCUT2D eigenvalue weighted by Crippen LogP contribution is -2.42. The fraction of sp³-hybridized carbons (Fsp3) is 0.200. The Morgan fingerprint density at radius 2 is 1.94 bits per heavy atom. The molecule has 18 heavy (non-hydrogen) atoms. The SMILES string of the molecule is O=C(O)C[C@@H](NC(=O)c1cccc(=O)[nH]1)C(=O)O. The van der Waals surface area contributed by atoms with Crippen LogP contribution in [0.1, 0.15) is 16.9 Å². The Bertz CT molecular complexity index is 535. The maximum atomic E-state index is 11.6. The van der Waals surface area contributed by atoms with Crippen molar-refractivity contribution < 1.29 is 24.6 Å². The molecule has 0 spiro atoms. The average Bonchev–Trinajstić information content (AvgIpc) is 2.27. The number of pyridine rings is 1. The van der Waals surface area contributed by atoms with Gasteiger partial charge in [-0.3, -0.25) is 14.4 Å². The molecular formula is C10H10N2O6. The van der Waals surface area contributed by atoms with E-state index < -0.39 is 35.9 Å². The van der Waals surface area contributed by atoms with E-state index in [0.29, 0.717) is 0 Å². The van der Waals surface area contributed by atoms with Crippen molar-refractivity contribution in [2.45, 2.75) is 12.5 Å². The smallest absolute Gasteiger partial charge is 0.326 e. The van der Waals surface area contributed by atoms with Crippen LogP contribution in [0, 0.1) is 0 Å². The van der Waals surface area contributed by atoms with E-state index in [2.05, 4.69) is 4.98 Å². The van der Waals surface area contributed by atoms with Crippen molar-refractivity contribution in [2.75, 3.05) is 0 Å². The molecule has 8 heteroatoms. The highest BCUT2D eigenvalue weighted by atomic mass is 16.4. The number of rotatable bonds is 5. The van der Waals surface area contributed by atoms with Crippen molar-refractivity contribution in [1.82, 2.24) is 10.3 Å². The van der Waals surface area contributed by atoms with Gasteiger partial charge in [0, 0.05) is 6.07 Å². The van der Waals surface area contributed by atoms with E-state index in [1.165, 1.54) is 18.2 Å². The molecule has 0 bridgehead atoms. The average molecular weight is 254 g/mol. The van der Waals surface area contributed by atoms with Crippen LogP contribution < -0.4 is 10.9 Å². The third kappa shape index (κ3) is 3.74. The molecule has 1 atom stereocenters. The van der Waals surface area contributed by atoms with E-state index in [-0.39, 0.29) is 5.69 Å². The van der Waals surface area contributed by atoms with Crippen molar-refractivity contribution in [3.05, 3.63) is 34.2 Å². The van der Waals surface area contributed by atoms with Crippen LogP contribution in [-0.2, 0) is 9.59 Å². The topological polar surface area (TPSA) is 137 Å². The number of aromatic nitrogens is 1. The largest absolute Gasteiger partial charge is 0.481 e. The van der Waals surface area contributed by atoms with Gasteiger partial charge >= 0.3 is 11.9 Å².